The number of hydrogen-bond acceptors (Lipinski definition) is 1. The lowest BCUT2D eigenvalue weighted by atomic mass is 9.49. The second-order valence-electron chi connectivity index (χ2n) is 9.26. The van der Waals surface area contributed by atoms with Gasteiger partial charge in [-0.2, -0.15) is 0 Å². The van der Waals surface area contributed by atoms with E-state index in [2.05, 4.69) is 13.8 Å². The van der Waals surface area contributed by atoms with Gasteiger partial charge in [0.05, 0.1) is 0 Å². The maximum atomic E-state index is 6.90. The SMILES string of the molecule is CC1CC(C)CC(C(N)C2C3CC4CC(C3)CC2C4)C1. The summed E-state index contributed by atoms with van der Waals surface area (Å²) in [7, 11) is 0. The van der Waals surface area contributed by atoms with Crippen molar-refractivity contribution >= 4 is 0 Å². The van der Waals surface area contributed by atoms with E-state index >= 15 is 0 Å². The van der Waals surface area contributed by atoms with Crippen LogP contribution in [0, 0.1) is 47.3 Å². The molecule has 20 heavy (non-hydrogen) atoms. The molecular formula is C19H33N. The average Bonchev–Trinajstić information content (AvgIpc) is 2.35. The minimum Gasteiger partial charge on any atom is -0.327 e. The van der Waals surface area contributed by atoms with Gasteiger partial charge in [-0.3, -0.25) is 0 Å². The molecule has 3 unspecified atom stereocenters. The van der Waals surface area contributed by atoms with E-state index in [9.17, 15) is 0 Å². The third-order valence-electron chi connectivity index (χ3n) is 7.50. The van der Waals surface area contributed by atoms with Crippen LogP contribution in [0.4, 0.5) is 0 Å². The smallest absolute Gasteiger partial charge is 0.0101 e. The summed E-state index contributed by atoms with van der Waals surface area (Å²) in [4.78, 5) is 0. The quantitative estimate of drug-likeness (QED) is 0.791. The lowest BCUT2D eigenvalue weighted by molar-refractivity contribution is -0.0591. The van der Waals surface area contributed by atoms with Gasteiger partial charge in [-0.15, -0.1) is 0 Å². The standard InChI is InChI=1S/C19H33N/c1-11-3-12(2)5-17(4-11)19(20)18-15-7-13-6-14(9-15)10-16(18)8-13/h11-19H,3-10,20H2,1-2H3. The molecule has 0 radical (unpaired) electrons. The molecule has 114 valence electrons. The molecule has 5 saturated carbocycles. The Hall–Kier alpha value is -0.0400. The summed E-state index contributed by atoms with van der Waals surface area (Å²) in [5, 5.41) is 0. The van der Waals surface area contributed by atoms with Crippen molar-refractivity contribution in [2.75, 3.05) is 0 Å². The van der Waals surface area contributed by atoms with E-state index in [0.717, 1.165) is 47.3 Å². The molecular weight excluding hydrogens is 242 g/mol. The first-order valence-electron chi connectivity index (χ1n) is 9.35. The Balaban J connectivity index is 1.49. The van der Waals surface area contributed by atoms with E-state index in [0.29, 0.717) is 6.04 Å². The molecule has 5 aliphatic rings. The highest BCUT2D eigenvalue weighted by atomic mass is 14.7. The Labute approximate surface area is 125 Å². The first-order valence-corrected chi connectivity index (χ1v) is 9.35. The van der Waals surface area contributed by atoms with Crippen LogP contribution in [0.2, 0.25) is 0 Å². The lowest BCUT2D eigenvalue weighted by Gasteiger charge is -2.57. The van der Waals surface area contributed by atoms with Crippen molar-refractivity contribution in [1.82, 2.24) is 0 Å². The molecule has 1 nitrogen and oxygen atoms in total. The predicted octanol–water partition coefficient (Wildman–Crippen LogP) is 4.46. The van der Waals surface area contributed by atoms with Gasteiger partial charge in [-0.05, 0) is 98.7 Å². The van der Waals surface area contributed by atoms with Gasteiger partial charge in [0, 0.05) is 6.04 Å². The average molecular weight is 275 g/mol. The molecule has 0 heterocycles. The van der Waals surface area contributed by atoms with Crippen molar-refractivity contribution in [2.24, 2.45) is 53.1 Å². The molecule has 1 heteroatoms. The third kappa shape index (κ3) is 2.25. The Morgan fingerprint density at radius 3 is 1.70 bits per heavy atom. The summed E-state index contributed by atoms with van der Waals surface area (Å²) < 4.78 is 0. The highest BCUT2D eigenvalue weighted by Gasteiger charge is 2.51. The predicted molar refractivity (Wildman–Crippen MR) is 84.2 cm³/mol. The van der Waals surface area contributed by atoms with Crippen LogP contribution in [0.25, 0.3) is 0 Å². The van der Waals surface area contributed by atoms with Crippen LogP contribution < -0.4 is 5.73 Å². The van der Waals surface area contributed by atoms with Crippen molar-refractivity contribution in [3.05, 3.63) is 0 Å². The minimum atomic E-state index is 0.523. The summed E-state index contributed by atoms with van der Waals surface area (Å²) in [5.74, 6) is 7.73. The molecule has 0 aliphatic heterocycles. The fourth-order valence-corrected chi connectivity index (χ4v) is 7.23. The van der Waals surface area contributed by atoms with Gasteiger partial charge in [-0.1, -0.05) is 13.8 Å². The summed E-state index contributed by atoms with van der Waals surface area (Å²) in [6.45, 7) is 4.90. The van der Waals surface area contributed by atoms with Crippen molar-refractivity contribution in [3.63, 3.8) is 0 Å². The topological polar surface area (TPSA) is 26.0 Å². The van der Waals surface area contributed by atoms with Crippen molar-refractivity contribution in [1.29, 1.82) is 0 Å². The van der Waals surface area contributed by atoms with Crippen LogP contribution in [0.5, 0.6) is 0 Å². The maximum absolute atomic E-state index is 6.90. The summed E-state index contributed by atoms with van der Waals surface area (Å²) in [6.07, 6.45) is 11.9. The Kier molecular flexibility index (Phi) is 3.41. The number of nitrogens with two attached hydrogens (primary N) is 1. The zero-order valence-corrected chi connectivity index (χ0v) is 13.4. The van der Waals surface area contributed by atoms with Crippen LogP contribution in [-0.4, -0.2) is 6.04 Å². The summed E-state index contributed by atoms with van der Waals surface area (Å²) >= 11 is 0. The lowest BCUT2D eigenvalue weighted by Crippen LogP contribution is -2.54. The van der Waals surface area contributed by atoms with Gasteiger partial charge < -0.3 is 5.73 Å². The molecule has 5 aliphatic carbocycles. The zero-order chi connectivity index (χ0) is 13.9. The third-order valence-corrected chi connectivity index (χ3v) is 7.50. The molecule has 5 fully saturated rings. The molecule has 0 spiro atoms. The molecule has 0 aromatic rings. The van der Waals surface area contributed by atoms with Gasteiger partial charge in [0.1, 0.15) is 0 Å². The van der Waals surface area contributed by atoms with E-state index in [1.807, 2.05) is 0 Å². The first kappa shape index (κ1) is 13.6. The summed E-state index contributed by atoms with van der Waals surface area (Å²) in [6, 6.07) is 0.523. The van der Waals surface area contributed by atoms with E-state index in [-0.39, 0.29) is 0 Å². The molecule has 3 atom stereocenters. The maximum Gasteiger partial charge on any atom is 0.0101 e. The van der Waals surface area contributed by atoms with Gasteiger partial charge >= 0.3 is 0 Å². The van der Waals surface area contributed by atoms with Crippen LogP contribution in [0.3, 0.4) is 0 Å². The van der Waals surface area contributed by atoms with Crippen LogP contribution in [0.15, 0.2) is 0 Å². The number of hydrogen-bond donors (Lipinski definition) is 1. The molecule has 2 N–H and O–H groups in total. The molecule has 0 amide bonds. The molecule has 0 saturated heterocycles. The van der Waals surface area contributed by atoms with Gasteiger partial charge in [0.25, 0.3) is 0 Å². The fraction of sp³-hybridized carbons (Fsp3) is 1.00. The highest BCUT2D eigenvalue weighted by Crippen LogP contribution is 2.58. The Morgan fingerprint density at radius 2 is 1.20 bits per heavy atom. The number of rotatable bonds is 2. The molecule has 5 rings (SSSR count). The van der Waals surface area contributed by atoms with Crippen molar-refractivity contribution < 1.29 is 0 Å². The molecule has 4 bridgehead atoms. The molecule has 0 aromatic carbocycles. The first-order chi connectivity index (χ1) is 9.60. The van der Waals surface area contributed by atoms with E-state index < -0.39 is 0 Å². The van der Waals surface area contributed by atoms with E-state index in [4.69, 9.17) is 5.73 Å². The van der Waals surface area contributed by atoms with Gasteiger partial charge in [-0.25, -0.2) is 0 Å². The summed E-state index contributed by atoms with van der Waals surface area (Å²) in [5.41, 5.74) is 6.90. The van der Waals surface area contributed by atoms with Crippen molar-refractivity contribution in [2.45, 2.75) is 71.3 Å². The zero-order valence-electron chi connectivity index (χ0n) is 13.4. The normalized spacial score (nSPS) is 56.0. The van der Waals surface area contributed by atoms with Crippen LogP contribution in [-0.2, 0) is 0 Å². The van der Waals surface area contributed by atoms with Crippen LogP contribution >= 0.6 is 0 Å². The minimum absolute atomic E-state index is 0.523. The van der Waals surface area contributed by atoms with E-state index in [1.54, 1.807) is 6.42 Å². The van der Waals surface area contributed by atoms with Crippen molar-refractivity contribution in [3.8, 4) is 0 Å². The largest absolute Gasteiger partial charge is 0.327 e. The Bertz CT molecular complexity index is 325. The molecule has 0 aromatic heterocycles. The second kappa shape index (κ2) is 5.00. The van der Waals surface area contributed by atoms with Gasteiger partial charge in [0.2, 0.25) is 0 Å². The monoisotopic (exact) mass is 275 g/mol. The van der Waals surface area contributed by atoms with E-state index in [1.165, 1.54) is 44.9 Å². The fourth-order valence-electron chi connectivity index (χ4n) is 7.23. The van der Waals surface area contributed by atoms with Crippen LogP contribution in [0.1, 0.15) is 65.2 Å². The Morgan fingerprint density at radius 1 is 0.700 bits per heavy atom. The van der Waals surface area contributed by atoms with Gasteiger partial charge in [0.15, 0.2) is 0 Å². The second-order valence-corrected chi connectivity index (χ2v) is 9.26. The highest BCUT2D eigenvalue weighted by molar-refractivity contribution is 5.02.